The van der Waals surface area contributed by atoms with Crippen LogP contribution in [0.2, 0.25) is 0 Å². The third kappa shape index (κ3) is 5.93. The molecule has 3 atom stereocenters. The van der Waals surface area contributed by atoms with Crippen LogP contribution in [0.25, 0.3) is 0 Å². The van der Waals surface area contributed by atoms with E-state index in [0.29, 0.717) is 29.4 Å². The number of aliphatic hydroxyl groups is 1. The minimum Gasteiger partial charge on any atom is -0.497 e. The van der Waals surface area contributed by atoms with Crippen LogP contribution in [0.1, 0.15) is 23.7 Å². The maximum atomic E-state index is 13.0. The van der Waals surface area contributed by atoms with Crippen LogP contribution in [0.3, 0.4) is 0 Å². The molecule has 1 saturated heterocycles. The first-order valence-electron chi connectivity index (χ1n) is 11.5. The number of cyclic esters (lactones) is 1. The van der Waals surface area contributed by atoms with E-state index in [2.05, 4.69) is 0 Å². The van der Waals surface area contributed by atoms with Crippen LogP contribution in [0, 0.1) is 5.92 Å². The van der Waals surface area contributed by atoms with Crippen LogP contribution in [0.4, 0.5) is 0 Å². The van der Waals surface area contributed by atoms with Crippen LogP contribution in [0.5, 0.6) is 17.2 Å². The Kier molecular flexibility index (Phi) is 7.90. The number of esters is 1. The summed E-state index contributed by atoms with van der Waals surface area (Å²) in [5, 5.41) is 11.1. The molecule has 0 bridgehead atoms. The molecule has 0 saturated carbocycles. The summed E-state index contributed by atoms with van der Waals surface area (Å²) in [6, 6.07) is 24.0. The molecule has 1 N–H and O–H groups in total. The van der Waals surface area contributed by atoms with E-state index in [9.17, 15) is 9.90 Å². The Morgan fingerprint density at radius 3 is 2.31 bits per heavy atom. The minimum absolute atomic E-state index is 0.0784. The van der Waals surface area contributed by atoms with Crippen molar-refractivity contribution in [1.82, 2.24) is 0 Å². The standard InChI is InChI=1S/C28H30O7/c1-31-21-12-14-22(15-13-21)34-19-28(18-33-17-20-8-4-3-5-9-20)16-24(27(30)35-28)26(29)23-10-6-7-11-25(23)32-2/h3-15,24,26,29H,16-19H2,1-2H3. The number of methoxy groups -OCH3 is 2. The van der Waals surface area contributed by atoms with E-state index in [4.69, 9.17) is 23.7 Å². The van der Waals surface area contributed by atoms with Gasteiger partial charge in [0.15, 0.2) is 5.60 Å². The van der Waals surface area contributed by atoms with Gasteiger partial charge >= 0.3 is 5.97 Å². The van der Waals surface area contributed by atoms with Crippen molar-refractivity contribution < 1.29 is 33.6 Å². The van der Waals surface area contributed by atoms with Crippen LogP contribution in [0.15, 0.2) is 78.9 Å². The van der Waals surface area contributed by atoms with Gasteiger partial charge in [0, 0.05) is 12.0 Å². The number of hydrogen-bond acceptors (Lipinski definition) is 7. The number of para-hydroxylation sites is 1. The van der Waals surface area contributed by atoms with Gasteiger partial charge in [0.1, 0.15) is 23.9 Å². The van der Waals surface area contributed by atoms with Gasteiger partial charge in [-0.1, -0.05) is 48.5 Å². The van der Waals surface area contributed by atoms with E-state index in [-0.39, 0.29) is 19.6 Å². The summed E-state index contributed by atoms with van der Waals surface area (Å²) in [6.07, 6.45) is -0.855. The van der Waals surface area contributed by atoms with Crippen molar-refractivity contribution >= 4 is 5.97 Å². The van der Waals surface area contributed by atoms with Gasteiger partial charge < -0.3 is 28.8 Å². The highest BCUT2D eigenvalue weighted by molar-refractivity contribution is 5.76. The third-order valence-corrected chi connectivity index (χ3v) is 6.09. The van der Waals surface area contributed by atoms with Crippen LogP contribution in [-0.4, -0.2) is 44.1 Å². The first-order chi connectivity index (χ1) is 17.0. The fraction of sp³-hybridized carbons (Fsp3) is 0.321. The highest BCUT2D eigenvalue weighted by atomic mass is 16.6. The van der Waals surface area contributed by atoms with Crippen molar-refractivity contribution in [3.05, 3.63) is 90.0 Å². The Morgan fingerprint density at radius 2 is 1.60 bits per heavy atom. The molecule has 0 radical (unpaired) electrons. The van der Waals surface area contributed by atoms with Gasteiger partial charge in [-0.15, -0.1) is 0 Å². The number of ether oxygens (including phenoxy) is 5. The van der Waals surface area contributed by atoms with Crippen LogP contribution in [-0.2, 0) is 20.9 Å². The second kappa shape index (κ2) is 11.3. The molecule has 35 heavy (non-hydrogen) atoms. The highest BCUT2D eigenvalue weighted by Crippen LogP contribution is 2.41. The third-order valence-electron chi connectivity index (χ3n) is 6.09. The number of rotatable bonds is 11. The van der Waals surface area contributed by atoms with E-state index in [1.807, 2.05) is 36.4 Å². The van der Waals surface area contributed by atoms with Crippen molar-refractivity contribution in [3.8, 4) is 17.2 Å². The molecule has 0 aliphatic carbocycles. The second-order valence-corrected chi connectivity index (χ2v) is 8.54. The summed E-state index contributed by atoms with van der Waals surface area (Å²) in [5.41, 5.74) is 0.488. The van der Waals surface area contributed by atoms with Crippen molar-refractivity contribution in [2.75, 3.05) is 27.4 Å². The van der Waals surface area contributed by atoms with Crippen molar-refractivity contribution in [2.45, 2.75) is 24.7 Å². The Bertz CT molecular complexity index is 1100. The smallest absolute Gasteiger partial charge is 0.312 e. The molecule has 1 aliphatic heterocycles. The summed E-state index contributed by atoms with van der Waals surface area (Å²) in [5.74, 6) is 0.555. The Hall–Kier alpha value is -3.55. The van der Waals surface area contributed by atoms with Crippen LogP contribution < -0.4 is 14.2 Å². The Labute approximate surface area is 205 Å². The number of carbonyl (C=O) groups is 1. The SMILES string of the molecule is COc1ccc(OCC2(COCc3ccccc3)CC(C(O)c3ccccc3OC)C(=O)O2)cc1. The van der Waals surface area contributed by atoms with E-state index in [1.54, 1.807) is 49.6 Å². The van der Waals surface area contributed by atoms with Crippen molar-refractivity contribution in [2.24, 2.45) is 5.92 Å². The topological polar surface area (TPSA) is 83.5 Å². The molecule has 4 rings (SSSR count). The number of aliphatic hydroxyl groups excluding tert-OH is 1. The molecule has 184 valence electrons. The fourth-order valence-corrected chi connectivity index (χ4v) is 4.22. The first-order valence-corrected chi connectivity index (χ1v) is 11.5. The van der Waals surface area contributed by atoms with E-state index >= 15 is 0 Å². The zero-order valence-electron chi connectivity index (χ0n) is 19.9. The molecule has 1 heterocycles. The summed E-state index contributed by atoms with van der Waals surface area (Å²) >= 11 is 0. The number of carbonyl (C=O) groups excluding carboxylic acids is 1. The molecule has 0 aromatic heterocycles. The first kappa shape index (κ1) is 24.6. The molecule has 1 aliphatic rings. The number of benzene rings is 3. The normalized spacial score (nSPS) is 20.2. The summed E-state index contributed by atoms with van der Waals surface area (Å²) in [6.45, 7) is 0.566. The largest absolute Gasteiger partial charge is 0.497 e. The van der Waals surface area contributed by atoms with Gasteiger partial charge in [0.05, 0.1) is 39.5 Å². The van der Waals surface area contributed by atoms with E-state index in [0.717, 1.165) is 5.56 Å². The zero-order chi connectivity index (χ0) is 24.7. The average molecular weight is 479 g/mol. The maximum absolute atomic E-state index is 13.0. The molecule has 3 aromatic carbocycles. The quantitative estimate of drug-likeness (QED) is 0.411. The summed E-state index contributed by atoms with van der Waals surface area (Å²) in [4.78, 5) is 13.0. The van der Waals surface area contributed by atoms with Crippen LogP contribution >= 0.6 is 0 Å². The lowest BCUT2D eigenvalue weighted by atomic mass is 9.88. The molecular formula is C28H30O7. The second-order valence-electron chi connectivity index (χ2n) is 8.54. The average Bonchev–Trinajstić information content (AvgIpc) is 3.24. The Morgan fingerprint density at radius 1 is 0.914 bits per heavy atom. The summed E-state index contributed by atoms with van der Waals surface area (Å²) < 4.78 is 28.4. The lowest BCUT2D eigenvalue weighted by molar-refractivity contribution is -0.160. The van der Waals surface area contributed by atoms with Gasteiger partial charge in [0.25, 0.3) is 0 Å². The lowest BCUT2D eigenvalue weighted by Gasteiger charge is -2.28. The predicted octanol–water partition coefficient (Wildman–Crippen LogP) is 4.33. The van der Waals surface area contributed by atoms with Crippen molar-refractivity contribution in [3.63, 3.8) is 0 Å². The van der Waals surface area contributed by atoms with Gasteiger partial charge in [-0.05, 0) is 35.9 Å². The molecule has 3 unspecified atom stereocenters. The molecule has 7 heteroatoms. The maximum Gasteiger partial charge on any atom is 0.312 e. The van der Waals surface area contributed by atoms with Gasteiger partial charge in [-0.25, -0.2) is 0 Å². The predicted molar refractivity (Wildman–Crippen MR) is 129 cm³/mol. The van der Waals surface area contributed by atoms with E-state index < -0.39 is 23.6 Å². The van der Waals surface area contributed by atoms with E-state index in [1.165, 1.54) is 7.11 Å². The Balaban J connectivity index is 1.51. The zero-order valence-corrected chi connectivity index (χ0v) is 19.9. The van der Waals surface area contributed by atoms with Gasteiger partial charge in [0.2, 0.25) is 0 Å². The van der Waals surface area contributed by atoms with Crippen molar-refractivity contribution in [1.29, 1.82) is 0 Å². The fourth-order valence-electron chi connectivity index (χ4n) is 4.22. The minimum atomic E-state index is -1.09. The molecular weight excluding hydrogens is 448 g/mol. The molecule has 0 amide bonds. The molecule has 1 fully saturated rings. The molecule has 0 spiro atoms. The highest BCUT2D eigenvalue weighted by Gasteiger charge is 2.51. The molecule has 7 nitrogen and oxygen atoms in total. The van der Waals surface area contributed by atoms with Gasteiger partial charge in [-0.2, -0.15) is 0 Å². The molecule has 3 aromatic rings. The van der Waals surface area contributed by atoms with Gasteiger partial charge in [-0.3, -0.25) is 4.79 Å². The number of hydrogen-bond donors (Lipinski definition) is 1. The monoisotopic (exact) mass is 478 g/mol. The summed E-state index contributed by atoms with van der Waals surface area (Å²) in [7, 11) is 3.13. The lowest BCUT2D eigenvalue weighted by Crippen LogP contribution is -2.41.